The first-order chi connectivity index (χ1) is 10.2. The SMILES string of the molecule is Cc1nn(C)cc1CN1CCCC(Nc2ccncn2)C1. The van der Waals surface area contributed by atoms with E-state index in [1.807, 2.05) is 17.8 Å². The van der Waals surface area contributed by atoms with Crippen LogP contribution in [0.15, 0.2) is 24.8 Å². The molecule has 0 aliphatic carbocycles. The van der Waals surface area contributed by atoms with E-state index in [0.717, 1.165) is 31.1 Å². The van der Waals surface area contributed by atoms with Crippen molar-refractivity contribution in [2.75, 3.05) is 18.4 Å². The maximum Gasteiger partial charge on any atom is 0.129 e. The molecule has 6 nitrogen and oxygen atoms in total. The van der Waals surface area contributed by atoms with Crippen LogP contribution in [0.2, 0.25) is 0 Å². The molecular weight excluding hydrogens is 264 g/mol. The van der Waals surface area contributed by atoms with Gasteiger partial charge in [-0.3, -0.25) is 9.58 Å². The van der Waals surface area contributed by atoms with Gasteiger partial charge in [-0.05, 0) is 32.4 Å². The van der Waals surface area contributed by atoms with Crippen molar-refractivity contribution in [3.8, 4) is 0 Å². The normalized spacial score (nSPS) is 19.6. The minimum atomic E-state index is 0.450. The van der Waals surface area contributed by atoms with Crippen molar-refractivity contribution in [3.63, 3.8) is 0 Å². The molecule has 3 heterocycles. The third-order valence-corrected chi connectivity index (χ3v) is 3.95. The minimum Gasteiger partial charge on any atom is -0.366 e. The molecule has 1 aliphatic rings. The number of piperidine rings is 1. The van der Waals surface area contributed by atoms with Gasteiger partial charge in [-0.2, -0.15) is 5.10 Å². The maximum absolute atomic E-state index is 4.42. The van der Waals surface area contributed by atoms with Crippen LogP contribution in [0.1, 0.15) is 24.1 Å². The topological polar surface area (TPSA) is 58.9 Å². The van der Waals surface area contributed by atoms with Crippen molar-refractivity contribution >= 4 is 5.82 Å². The summed E-state index contributed by atoms with van der Waals surface area (Å²) in [6.45, 7) is 5.24. The van der Waals surface area contributed by atoms with Crippen LogP contribution in [0.3, 0.4) is 0 Å². The summed E-state index contributed by atoms with van der Waals surface area (Å²) in [7, 11) is 1.98. The summed E-state index contributed by atoms with van der Waals surface area (Å²) in [6.07, 6.45) is 7.88. The van der Waals surface area contributed by atoms with Gasteiger partial charge in [0.1, 0.15) is 12.1 Å². The predicted octanol–water partition coefficient (Wildman–Crippen LogP) is 1.60. The second-order valence-corrected chi connectivity index (χ2v) is 5.73. The standard InChI is InChI=1S/C15H22N6/c1-12-13(8-20(2)19-12)9-21-7-3-4-14(10-21)18-15-5-6-16-11-17-15/h5-6,8,11,14H,3-4,7,9-10H2,1-2H3,(H,16,17,18). The fourth-order valence-corrected chi connectivity index (χ4v) is 2.95. The molecule has 0 saturated carbocycles. The van der Waals surface area contributed by atoms with Gasteiger partial charge in [0.05, 0.1) is 5.69 Å². The summed E-state index contributed by atoms with van der Waals surface area (Å²) in [6, 6.07) is 2.37. The smallest absolute Gasteiger partial charge is 0.129 e. The molecule has 1 aliphatic heterocycles. The number of hydrogen-bond donors (Lipinski definition) is 1. The summed E-state index contributed by atoms with van der Waals surface area (Å²) in [5.74, 6) is 0.911. The highest BCUT2D eigenvalue weighted by atomic mass is 15.3. The monoisotopic (exact) mass is 286 g/mol. The zero-order chi connectivity index (χ0) is 14.7. The van der Waals surface area contributed by atoms with Gasteiger partial charge in [0.2, 0.25) is 0 Å². The van der Waals surface area contributed by atoms with Gasteiger partial charge in [0.25, 0.3) is 0 Å². The number of aryl methyl sites for hydroxylation is 2. The summed E-state index contributed by atoms with van der Waals surface area (Å²) >= 11 is 0. The first kappa shape index (κ1) is 14.0. The molecule has 1 N–H and O–H groups in total. The predicted molar refractivity (Wildman–Crippen MR) is 81.9 cm³/mol. The van der Waals surface area contributed by atoms with Crippen LogP contribution in [-0.4, -0.2) is 43.8 Å². The molecule has 1 unspecified atom stereocenters. The fourth-order valence-electron chi connectivity index (χ4n) is 2.95. The Balaban J connectivity index is 1.59. The van der Waals surface area contributed by atoms with Crippen LogP contribution >= 0.6 is 0 Å². The molecule has 0 amide bonds. The van der Waals surface area contributed by atoms with Crippen LogP contribution < -0.4 is 5.32 Å². The van der Waals surface area contributed by atoms with Crippen molar-refractivity contribution in [2.24, 2.45) is 7.05 Å². The van der Waals surface area contributed by atoms with Crippen LogP contribution in [-0.2, 0) is 13.6 Å². The van der Waals surface area contributed by atoms with E-state index in [1.54, 1.807) is 12.5 Å². The van der Waals surface area contributed by atoms with Gasteiger partial charge < -0.3 is 5.32 Å². The third kappa shape index (κ3) is 3.58. The Labute approximate surface area is 125 Å². The number of rotatable bonds is 4. The number of aromatic nitrogens is 4. The quantitative estimate of drug-likeness (QED) is 0.925. The van der Waals surface area contributed by atoms with E-state index in [0.29, 0.717) is 6.04 Å². The molecule has 0 radical (unpaired) electrons. The molecule has 2 aromatic rings. The van der Waals surface area contributed by atoms with Gasteiger partial charge in [0.15, 0.2) is 0 Å². The first-order valence-electron chi connectivity index (χ1n) is 7.45. The van der Waals surface area contributed by atoms with Crippen molar-refractivity contribution < 1.29 is 0 Å². The molecule has 2 aromatic heterocycles. The summed E-state index contributed by atoms with van der Waals surface area (Å²) in [5, 5.41) is 7.92. The molecule has 6 heteroatoms. The summed E-state index contributed by atoms with van der Waals surface area (Å²) < 4.78 is 1.89. The minimum absolute atomic E-state index is 0.450. The van der Waals surface area contributed by atoms with E-state index in [2.05, 4.69) is 38.4 Å². The van der Waals surface area contributed by atoms with Gasteiger partial charge in [-0.15, -0.1) is 0 Å². The molecule has 0 spiro atoms. The number of likely N-dealkylation sites (tertiary alicyclic amines) is 1. The third-order valence-electron chi connectivity index (χ3n) is 3.95. The highest BCUT2D eigenvalue weighted by Gasteiger charge is 2.21. The number of nitrogens with zero attached hydrogens (tertiary/aromatic N) is 5. The highest BCUT2D eigenvalue weighted by Crippen LogP contribution is 2.17. The zero-order valence-corrected chi connectivity index (χ0v) is 12.7. The summed E-state index contributed by atoms with van der Waals surface area (Å²) in [5.41, 5.74) is 2.45. The van der Waals surface area contributed by atoms with E-state index in [-0.39, 0.29) is 0 Å². The van der Waals surface area contributed by atoms with Gasteiger partial charge >= 0.3 is 0 Å². The lowest BCUT2D eigenvalue weighted by Gasteiger charge is -2.33. The molecule has 1 atom stereocenters. The molecule has 0 aromatic carbocycles. The Hall–Kier alpha value is -1.95. The molecular formula is C15H22N6. The Morgan fingerprint density at radius 3 is 3.05 bits per heavy atom. The first-order valence-corrected chi connectivity index (χ1v) is 7.45. The second kappa shape index (κ2) is 6.22. The van der Waals surface area contributed by atoms with E-state index >= 15 is 0 Å². The van der Waals surface area contributed by atoms with Crippen molar-refractivity contribution in [2.45, 2.75) is 32.4 Å². The average molecular weight is 286 g/mol. The van der Waals surface area contributed by atoms with Crippen molar-refractivity contribution in [3.05, 3.63) is 36.0 Å². The maximum atomic E-state index is 4.42. The van der Waals surface area contributed by atoms with Crippen molar-refractivity contribution in [1.29, 1.82) is 0 Å². The average Bonchev–Trinajstić information content (AvgIpc) is 2.78. The van der Waals surface area contributed by atoms with E-state index in [1.165, 1.54) is 18.4 Å². The van der Waals surface area contributed by atoms with Gasteiger partial charge in [0, 0.05) is 44.1 Å². The van der Waals surface area contributed by atoms with Crippen LogP contribution in [0.4, 0.5) is 5.82 Å². The van der Waals surface area contributed by atoms with Gasteiger partial charge in [-0.25, -0.2) is 9.97 Å². The molecule has 1 saturated heterocycles. The molecule has 3 rings (SSSR count). The highest BCUT2D eigenvalue weighted by molar-refractivity contribution is 5.33. The summed E-state index contributed by atoms with van der Waals surface area (Å²) in [4.78, 5) is 10.7. The fraction of sp³-hybridized carbons (Fsp3) is 0.533. The molecule has 1 fully saturated rings. The van der Waals surface area contributed by atoms with Crippen molar-refractivity contribution in [1.82, 2.24) is 24.6 Å². The van der Waals surface area contributed by atoms with Crippen LogP contribution in [0, 0.1) is 6.92 Å². The molecule has 0 bridgehead atoms. The lowest BCUT2D eigenvalue weighted by atomic mass is 10.0. The number of anilines is 1. The Bertz CT molecular complexity index is 579. The number of nitrogens with one attached hydrogen (secondary N) is 1. The number of hydrogen-bond acceptors (Lipinski definition) is 5. The van der Waals surface area contributed by atoms with E-state index in [9.17, 15) is 0 Å². The zero-order valence-electron chi connectivity index (χ0n) is 12.7. The van der Waals surface area contributed by atoms with Crippen LogP contribution in [0.5, 0.6) is 0 Å². The second-order valence-electron chi connectivity index (χ2n) is 5.73. The Kier molecular flexibility index (Phi) is 4.15. The Morgan fingerprint density at radius 1 is 1.43 bits per heavy atom. The van der Waals surface area contributed by atoms with E-state index in [4.69, 9.17) is 0 Å². The largest absolute Gasteiger partial charge is 0.366 e. The Morgan fingerprint density at radius 2 is 2.33 bits per heavy atom. The van der Waals surface area contributed by atoms with Gasteiger partial charge in [-0.1, -0.05) is 0 Å². The lowest BCUT2D eigenvalue weighted by Crippen LogP contribution is -2.41. The lowest BCUT2D eigenvalue weighted by molar-refractivity contribution is 0.208. The molecule has 21 heavy (non-hydrogen) atoms. The van der Waals surface area contributed by atoms with Crippen LogP contribution in [0.25, 0.3) is 0 Å². The van der Waals surface area contributed by atoms with E-state index < -0.39 is 0 Å². The molecule has 112 valence electrons.